The average molecular weight is 214 g/mol. The molecule has 16 heavy (non-hydrogen) atoms. The van der Waals surface area contributed by atoms with Crippen molar-refractivity contribution in [2.24, 2.45) is 0 Å². The molecule has 82 valence electrons. The Labute approximate surface area is 94.1 Å². The Bertz CT molecular complexity index is 552. The highest BCUT2D eigenvalue weighted by molar-refractivity contribution is 5.84. The van der Waals surface area contributed by atoms with Crippen LogP contribution in [0.5, 0.6) is 0 Å². The van der Waals surface area contributed by atoms with E-state index < -0.39 is 0 Å². The van der Waals surface area contributed by atoms with Crippen molar-refractivity contribution in [1.82, 2.24) is 9.78 Å². The topological polar surface area (TPSA) is 34.9 Å². The van der Waals surface area contributed by atoms with Crippen LogP contribution in [0.4, 0.5) is 0 Å². The minimum Gasteiger partial charge on any atom is -0.298 e. The molecule has 3 nitrogen and oxygen atoms in total. The lowest BCUT2D eigenvalue weighted by atomic mass is 10.1. The third-order valence-corrected chi connectivity index (χ3v) is 3.02. The Balaban J connectivity index is 2.16. The molecular weight excluding hydrogens is 200 g/mol. The SMILES string of the molecule is CC(=O)Cn1nc(C2CC2)c2ccccc21. The molecular formula is C13H14N2O. The molecule has 2 aromatic rings. The van der Waals surface area contributed by atoms with Crippen LogP contribution in [0, 0.1) is 0 Å². The molecule has 0 bridgehead atoms. The quantitative estimate of drug-likeness (QED) is 0.786. The molecule has 1 aliphatic carbocycles. The van der Waals surface area contributed by atoms with Gasteiger partial charge in [0.25, 0.3) is 0 Å². The van der Waals surface area contributed by atoms with Crippen LogP contribution in [-0.2, 0) is 11.3 Å². The van der Waals surface area contributed by atoms with E-state index in [4.69, 9.17) is 0 Å². The average Bonchev–Trinajstić information content (AvgIpc) is 3.03. The highest BCUT2D eigenvalue weighted by Crippen LogP contribution is 2.42. The van der Waals surface area contributed by atoms with Crippen LogP contribution in [0.25, 0.3) is 10.9 Å². The number of rotatable bonds is 3. The number of Topliss-reactive ketones (excluding diaryl/α,β-unsaturated/α-hetero) is 1. The first kappa shape index (κ1) is 9.58. The summed E-state index contributed by atoms with van der Waals surface area (Å²) in [5, 5.41) is 5.80. The predicted molar refractivity (Wildman–Crippen MR) is 62.4 cm³/mol. The minimum absolute atomic E-state index is 0.149. The summed E-state index contributed by atoms with van der Waals surface area (Å²) in [4.78, 5) is 11.2. The lowest BCUT2D eigenvalue weighted by Crippen LogP contribution is -2.07. The molecule has 0 spiro atoms. The van der Waals surface area contributed by atoms with Gasteiger partial charge < -0.3 is 0 Å². The van der Waals surface area contributed by atoms with E-state index >= 15 is 0 Å². The monoisotopic (exact) mass is 214 g/mol. The molecule has 0 unspecified atom stereocenters. The Kier molecular flexibility index (Phi) is 2.06. The second-order valence-corrected chi connectivity index (χ2v) is 4.54. The van der Waals surface area contributed by atoms with E-state index in [-0.39, 0.29) is 5.78 Å². The molecule has 1 fully saturated rings. The second-order valence-electron chi connectivity index (χ2n) is 4.54. The summed E-state index contributed by atoms with van der Waals surface area (Å²) in [5.41, 5.74) is 2.26. The number of nitrogens with zero attached hydrogens (tertiary/aromatic N) is 2. The maximum atomic E-state index is 11.2. The minimum atomic E-state index is 0.149. The smallest absolute Gasteiger partial charge is 0.151 e. The Morgan fingerprint density at radius 3 is 2.88 bits per heavy atom. The van der Waals surface area contributed by atoms with E-state index in [0.29, 0.717) is 12.5 Å². The molecule has 0 aliphatic heterocycles. The summed E-state index contributed by atoms with van der Waals surface area (Å²) in [5.74, 6) is 0.772. The number of ketones is 1. The number of hydrogen-bond donors (Lipinski definition) is 0. The zero-order valence-electron chi connectivity index (χ0n) is 9.31. The first-order valence-electron chi connectivity index (χ1n) is 5.70. The molecule has 3 heteroatoms. The molecule has 1 aliphatic rings. The number of carbonyl (C=O) groups excluding carboxylic acids is 1. The summed E-state index contributed by atoms with van der Waals surface area (Å²) >= 11 is 0. The van der Waals surface area contributed by atoms with Crippen molar-refractivity contribution in [1.29, 1.82) is 0 Å². The zero-order valence-corrected chi connectivity index (χ0v) is 9.31. The lowest BCUT2D eigenvalue weighted by molar-refractivity contribution is -0.117. The van der Waals surface area contributed by atoms with E-state index in [1.807, 2.05) is 22.9 Å². The van der Waals surface area contributed by atoms with Crippen LogP contribution in [0.1, 0.15) is 31.4 Å². The van der Waals surface area contributed by atoms with Crippen molar-refractivity contribution in [3.63, 3.8) is 0 Å². The van der Waals surface area contributed by atoms with E-state index in [1.165, 1.54) is 23.9 Å². The fourth-order valence-corrected chi connectivity index (χ4v) is 2.14. The van der Waals surface area contributed by atoms with Gasteiger partial charge in [-0.25, -0.2) is 0 Å². The zero-order chi connectivity index (χ0) is 11.1. The predicted octanol–water partition coefficient (Wildman–Crippen LogP) is 2.50. The molecule has 0 amide bonds. The summed E-state index contributed by atoms with van der Waals surface area (Å²) in [6.07, 6.45) is 2.47. The van der Waals surface area contributed by atoms with Crippen molar-refractivity contribution in [3.05, 3.63) is 30.0 Å². The fraction of sp³-hybridized carbons (Fsp3) is 0.385. The number of aromatic nitrogens is 2. The number of carbonyl (C=O) groups is 1. The van der Waals surface area contributed by atoms with Crippen molar-refractivity contribution in [3.8, 4) is 0 Å². The molecule has 0 saturated heterocycles. The Hall–Kier alpha value is -1.64. The van der Waals surface area contributed by atoms with Gasteiger partial charge in [-0.2, -0.15) is 5.10 Å². The highest BCUT2D eigenvalue weighted by atomic mass is 16.1. The van der Waals surface area contributed by atoms with Gasteiger partial charge in [-0.05, 0) is 25.8 Å². The third-order valence-electron chi connectivity index (χ3n) is 3.02. The summed E-state index contributed by atoms with van der Waals surface area (Å²) in [6, 6.07) is 8.18. The van der Waals surface area contributed by atoms with Crippen molar-refractivity contribution >= 4 is 16.7 Å². The second kappa shape index (κ2) is 3.44. The first-order chi connectivity index (χ1) is 7.75. The van der Waals surface area contributed by atoms with E-state index in [2.05, 4.69) is 11.2 Å². The maximum absolute atomic E-state index is 11.2. The van der Waals surface area contributed by atoms with E-state index in [0.717, 1.165) is 5.52 Å². The van der Waals surface area contributed by atoms with Gasteiger partial charge in [0.2, 0.25) is 0 Å². The maximum Gasteiger partial charge on any atom is 0.151 e. The molecule has 1 saturated carbocycles. The van der Waals surface area contributed by atoms with Crippen LogP contribution in [0.3, 0.4) is 0 Å². The number of para-hydroxylation sites is 1. The molecule has 3 rings (SSSR count). The summed E-state index contributed by atoms with van der Waals surface area (Å²) in [6.45, 7) is 1.99. The van der Waals surface area contributed by atoms with Gasteiger partial charge in [0.1, 0.15) is 0 Å². The number of benzene rings is 1. The molecule has 0 atom stereocenters. The van der Waals surface area contributed by atoms with Crippen molar-refractivity contribution in [2.75, 3.05) is 0 Å². The van der Waals surface area contributed by atoms with Gasteiger partial charge in [0.05, 0.1) is 17.8 Å². The van der Waals surface area contributed by atoms with Gasteiger partial charge in [-0.1, -0.05) is 18.2 Å². The van der Waals surface area contributed by atoms with Gasteiger partial charge >= 0.3 is 0 Å². The van der Waals surface area contributed by atoms with Crippen molar-refractivity contribution in [2.45, 2.75) is 32.2 Å². The molecule has 1 aromatic carbocycles. The summed E-state index contributed by atoms with van der Waals surface area (Å²) in [7, 11) is 0. The van der Waals surface area contributed by atoms with Crippen LogP contribution in [0.2, 0.25) is 0 Å². The van der Waals surface area contributed by atoms with Crippen LogP contribution >= 0.6 is 0 Å². The van der Waals surface area contributed by atoms with E-state index in [1.54, 1.807) is 6.92 Å². The summed E-state index contributed by atoms with van der Waals surface area (Å²) < 4.78 is 1.84. The standard InChI is InChI=1S/C13H14N2O/c1-9(16)8-15-12-5-3-2-4-11(12)13(14-15)10-6-7-10/h2-5,10H,6-8H2,1H3. The fourth-order valence-electron chi connectivity index (χ4n) is 2.14. The van der Waals surface area contributed by atoms with Crippen LogP contribution < -0.4 is 0 Å². The number of fused-ring (bicyclic) bond motifs is 1. The molecule has 0 radical (unpaired) electrons. The van der Waals surface area contributed by atoms with Gasteiger partial charge in [0, 0.05) is 11.3 Å². The third kappa shape index (κ3) is 1.52. The highest BCUT2D eigenvalue weighted by Gasteiger charge is 2.28. The lowest BCUT2D eigenvalue weighted by Gasteiger charge is -1.98. The van der Waals surface area contributed by atoms with Gasteiger partial charge in [-0.15, -0.1) is 0 Å². The van der Waals surface area contributed by atoms with Crippen LogP contribution in [-0.4, -0.2) is 15.6 Å². The van der Waals surface area contributed by atoms with Gasteiger partial charge in [0.15, 0.2) is 5.78 Å². The molecule has 0 N–H and O–H groups in total. The largest absolute Gasteiger partial charge is 0.298 e. The first-order valence-corrected chi connectivity index (χ1v) is 5.70. The van der Waals surface area contributed by atoms with Crippen LogP contribution in [0.15, 0.2) is 24.3 Å². The number of hydrogen-bond acceptors (Lipinski definition) is 2. The van der Waals surface area contributed by atoms with Gasteiger partial charge in [-0.3, -0.25) is 9.48 Å². The Morgan fingerprint density at radius 2 is 2.19 bits per heavy atom. The molecule has 1 heterocycles. The van der Waals surface area contributed by atoms with E-state index in [9.17, 15) is 4.79 Å². The van der Waals surface area contributed by atoms with Crippen molar-refractivity contribution < 1.29 is 4.79 Å². The Morgan fingerprint density at radius 1 is 1.44 bits per heavy atom. The normalized spacial score (nSPS) is 15.6. The molecule has 1 aromatic heterocycles.